The maximum absolute atomic E-state index is 12.3. The summed E-state index contributed by atoms with van der Waals surface area (Å²) in [6, 6.07) is 14.9. The minimum absolute atomic E-state index is 0.165. The predicted octanol–water partition coefficient (Wildman–Crippen LogP) is 3.84. The second kappa shape index (κ2) is 6.66. The molecule has 5 heteroatoms. The Hall–Kier alpha value is -2.95. The number of aryl methyl sites for hydroxylation is 2. The van der Waals surface area contributed by atoms with Gasteiger partial charge in [0, 0.05) is 11.1 Å². The van der Waals surface area contributed by atoms with Crippen molar-refractivity contribution in [2.45, 2.75) is 26.8 Å². The first-order chi connectivity index (χ1) is 11.5. The number of aromatic nitrogens is 2. The maximum Gasteiger partial charge on any atom is 0.251 e. The zero-order valence-corrected chi connectivity index (χ0v) is 13.9. The third-order valence-electron chi connectivity index (χ3n) is 3.83. The molecule has 5 nitrogen and oxygen atoms in total. The lowest BCUT2D eigenvalue weighted by atomic mass is 10.1. The molecule has 0 radical (unpaired) electrons. The molecule has 2 aromatic carbocycles. The molecule has 3 rings (SSSR count). The average molecular weight is 321 g/mol. The van der Waals surface area contributed by atoms with Gasteiger partial charge >= 0.3 is 0 Å². The van der Waals surface area contributed by atoms with Gasteiger partial charge in [-0.3, -0.25) is 4.79 Å². The van der Waals surface area contributed by atoms with Gasteiger partial charge in [-0.05, 0) is 38.5 Å². The van der Waals surface area contributed by atoms with Gasteiger partial charge in [0.15, 0.2) is 0 Å². The van der Waals surface area contributed by atoms with Crippen LogP contribution >= 0.6 is 0 Å². The minimum atomic E-state index is -0.372. The Morgan fingerprint density at radius 2 is 1.92 bits per heavy atom. The number of carbonyl (C=O) groups excluding carboxylic acids is 1. The average Bonchev–Trinajstić information content (AvgIpc) is 3.05. The smallest absolute Gasteiger partial charge is 0.251 e. The summed E-state index contributed by atoms with van der Waals surface area (Å²) in [5.41, 5.74) is 3.64. The Bertz CT molecular complexity index is 870. The number of hydrogen-bond acceptors (Lipinski definition) is 4. The third kappa shape index (κ3) is 3.35. The maximum atomic E-state index is 12.3. The van der Waals surface area contributed by atoms with Crippen molar-refractivity contribution < 1.29 is 9.32 Å². The van der Waals surface area contributed by atoms with Crippen LogP contribution in [0.1, 0.15) is 40.3 Å². The second-order valence-corrected chi connectivity index (χ2v) is 5.84. The molecule has 0 saturated carbocycles. The Morgan fingerprint density at radius 1 is 1.12 bits per heavy atom. The standard InChI is InChI=1S/C19H19N3O2/c1-12-7-6-9-15(11-12)18(23)20-14(3)19-21-17(22-24-19)16-10-5-4-8-13(16)2/h4-11,14H,1-3H3,(H,20,23)/t14-/m0/s1. The summed E-state index contributed by atoms with van der Waals surface area (Å²) in [4.78, 5) is 16.7. The quantitative estimate of drug-likeness (QED) is 0.792. The molecule has 1 aromatic heterocycles. The fraction of sp³-hybridized carbons (Fsp3) is 0.211. The van der Waals surface area contributed by atoms with Crippen molar-refractivity contribution in [1.82, 2.24) is 15.5 Å². The number of amides is 1. The zero-order chi connectivity index (χ0) is 17.1. The molecule has 0 saturated heterocycles. The molecule has 0 aliphatic rings. The minimum Gasteiger partial charge on any atom is -0.341 e. The molecule has 0 fully saturated rings. The first-order valence-corrected chi connectivity index (χ1v) is 7.82. The summed E-state index contributed by atoms with van der Waals surface area (Å²) in [6.07, 6.45) is 0. The fourth-order valence-electron chi connectivity index (χ4n) is 2.47. The van der Waals surface area contributed by atoms with Gasteiger partial charge in [-0.2, -0.15) is 4.98 Å². The first-order valence-electron chi connectivity index (χ1n) is 7.82. The van der Waals surface area contributed by atoms with Crippen molar-refractivity contribution >= 4 is 5.91 Å². The van der Waals surface area contributed by atoms with E-state index in [9.17, 15) is 4.79 Å². The first kappa shape index (κ1) is 15.9. The Balaban J connectivity index is 1.75. The summed E-state index contributed by atoms with van der Waals surface area (Å²) in [7, 11) is 0. The highest BCUT2D eigenvalue weighted by atomic mass is 16.5. The van der Waals surface area contributed by atoms with Crippen molar-refractivity contribution in [3.8, 4) is 11.4 Å². The van der Waals surface area contributed by atoms with Crippen LogP contribution in [0.5, 0.6) is 0 Å². The molecule has 24 heavy (non-hydrogen) atoms. The Labute approximate surface area is 140 Å². The van der Waals surface area contributed by atoms with Crippen LogP contribution in [0.2, 0.25) is 0 Å². The van der Waals surface area contributed by atoms with Crippen LogP contribution < -0.4 is 5.32 Å². The molecule has 0 spiro atoms. The fourth-order valence-corrected chi connectivity index (χ4v) is 2.47. The number of rotatable bonds is 4. The molecule has 1 amide bonds. The largest absolute Gasteiger partial charge is 0.341 e. The van der Waals surface area contributed by atoms with Crippen LogP contribution in [0.4, 0.5) is 0 Å². The van der Waals surface area contributed by atoms with Gasteiger partial charge in [-0.25, -0.2) is 0 Å². The zero-order valence-electron chi connectivity index (χ0n) is 13.9. The molecule has 1 atom stereocenters. The van der Waals surface area contributed by atoms with E-state index in [2.05, 4.69) is 15.5 Å². The van der Waals surface area contributed by atoms with Crippen LogP contribution in [0.25, 0.3) is 11.4 Å². The Morgan fingerprint density at radius 3 is 2.67 bits per heavy atom. The summed E-state index contributed by atoms with van der Waals surface area (Å²) in [6.45, 7) is 5.77. The van der Waals surface area contributed by atoms with E-state index >= 15 is 0 Å². The predicted molar refractivity (Wildman–Crippen MR) is 91.5 cm³/mol. The molecule has 3 aromatic rings. The highest BCUT2D eigenvalue weighted by Gasteiger charge is 2.18. The monoisotopic (exact) mass is 321 g/mol. The van der Waals surface area contributed by atoms with Crippen molar-refractivity contribution in [3.05, 3.63) is 71.1 Å². The normalized spacial score (nSPS) is 12.0. The molecular formula is C19H19N3O2. The van der Waals surface area contributed by atoms with E-state index < -0.39 is 0 Å². The van der Waals surface area contributed by atoms with Crippen molar-refractivity contribution in [2.75, 3.05) is 0 Å². The van der Waals surface area contributed by atoms with E-state index in [1.807, 2.05) is 63.2 Å². The molecule has 0 aliphatic carbocycles. The Kier molecular flexibility index (Phi) is 4.42. The summed E-state index contributed by atoms with van der Waals surface area (Å²) >= 11 is 0. The molecule has 122 valence electrons. The lowest BCUT2D eigenvalue weighted by Crippen LogP contribution is -2.26. The highest BCUT2D eigenvalue weighted by molar-refractivity contribution is 5.94. The van der Waals surface area contributed by atoms with Gasteiger partial charge in [0.1, 0.15) is 6.04 Å². The van der Waals surface area contributed by atoms with Gasteiger partial charge < -0.3 is 9.84 Å². The van der Waals surface area contributed by atoms with Crippen molar-refractivity contribution in [3.63, 3.8) is 0 Å². The molecule has 1 heterocycles. The highest BCUT2D eigenvalue weighted by Crippen LogP contribution is 2.22. The van der Waals surface area contributed by atoms with Crippen LogP contribution in [0, 0.1) is 13.8 Å². The van der Waals surface area contributed by atoms with Crippen molar-refractivity contribution in [1.29, 1.82) is 0 Å². The van der Waals surface area contributed by atoms with Gasteiger partial charge in [-0.1, -0.05) is 47.1 Å². The summed E-state index contributed by atoms with van der Waals surface area (Å²) in [5, 5.41) is 6.91. The van der Waals surface area contributed by atoms with E-state index in [1.54, 1.807) is 6.07 Å². The molecule has 0 aliphatic heterocycles. The van der Waals surface area contributed by atoms with Crippen LogP contribution in [-0.2, 0) is 0 Å². The van der Waals surface area contributed by atoms with Crippen LogP contribution in [0.15, 0.2) is 53.1 Å². The summed E-state index contributed by atoms with van der Waals surface area (Å²) in [5.74, 6) is 0.746. The van der Waals surface area contributed by atoms with E-state index in [-0.39, 0.29) is 11.9 Å². The number of benzene rings is 2. The van der Waals surface area contributed by atoms with E-state index in [0.29, 0.717) is 17.3 Å². The topological polar surface area (TPSA) is 68.0 Å². The molecule has 0 unspecified atom stereocenters. The number of hydrogen-bond donors (Lipinski definition) is 1. The second-order valence-electron chi connectivity index (χ2n) is 5.84. The van der Waals surface area contributed by atoms with Gasteiger partial charge in [0.25, 0.3) is 5.91 Å². The molecule has 0 bridgehead atoms. The van der Waals surface area contributed by atoms with Gasteiger partial charge in [0.05, 0.1) is 0 Å². The van der Waals surface area contributed by atoms with Crippen LogP contribution in [-0.4, -0.2) is 16.0 Å². The van der Waals surface area contributed by atoms with E-state index in [1.165, 1.54) is 0 Å². The number of nitrogens with one attached hydrogen (secondary N) is 1. The van der Waals surface area contributed by atoms with E-state index in [0.717, 1.165) is 16.7 Å². The van der Waals surface area contributed by atoms with Crippen LogP contribution in [0.3, 0.4) is 0 Å². The number of carbonyl (C=O) groups is 1. The van der Waals surface area contributed by atoms with Gasteiger partial charge in [0.2, 0.25) is 11.7 Å². The van der Waals surface area contributed by atoms with Crippen molar-refractivity contribution in [2.24, 2.45) is 0 Å². The molecule has 1 N–H and O–H groups in total. The van der Waals surface area contributed by atoms with E-state index in [4.69, 9.17) is 4.52 Å². The lowest BCUT2D eigenvalue weighted by Gasteiger charge is -2.10. The third-order valence-corrected chi connectivity index (χ3v) is 3.83. The lowest BCUT2D eigenvalue weighted by molar-refractivity contribution is 0.0932. The van der Waals surface area contributed by atoms with Gasteiger partial charge in [-0.15, -0.1) is 0 Å². The number of nitrogens with zero attached hydrogens (tertiary/aromatic N) is 2. The molecular weight excluding hydrogens is 302 g/mol. The summed E-state index contributed by atoms with van der Waals surface area (Å²) < 4.78 is 5.32. The SMILES string of the molecule is Cc1cccc(C(=O)N[C@@H](C)c2nc(-c3ccccc3C)no2)c1.